The third-order valence-electron chi connectivity index (χ3n) is 6.32. The molecule has 4 aromatic rings. The molecule has 39 heavy (non-hydrogen) atoms. The lowest BCUT2D eigenvalue weighted by Gasteiger charge is -2.22. The number of ether oxygens (including phenoxy) is 1. The van der Waals surface area contributed by atoms with E-state index in [1.165, 1.54) is 18.9 Å². The number of thioether (sulfide) groups is 1. The molecule has 0 aliphatic carbocycles. The summed E-state index contributed by atoms with van der Waals surface area (Å²) in [6, 6.07) is 26.0. The molecule has 0 aliphatic rings. The van der Waals surface area contributed by atoms with Crippen LogP contribution in [0.1, 0.15) is 40.4 Å². The van der Waals surface area contributed by atoms with E-state index in [0.29, 0.717) is 12.0 Å². The van der Waals surface area contributed by atoms with Gasteiger partial charge in [-0.2, -0.15) is 0 Å². The van der Waals surface area contributed by atoms with Gasteiger partial charge in [0.15, 0.2) is 0 Å². The molecule has 0 fully saturated rings. The van der Waals surface area contributed by atoms with Gasteiger partial charge < -0.3 is 10.1 Å². The number of pyridine rings is 1. The zero-order chi connectivity index (χ0) is 27.6. The molecule has 1 amide bonds. The van der Waals surface area contributed by atoms with Crippen molar-refractivity contribution in [1.82, 2.24) is 10.3 Å². The van der Waals surface area contributed by atoms with Crippen molar-refractivity contribution in [1.29, 1.82) is 0 Å². The number of carbonyl (C=O) groups excluding carboxylic acids is 3. The molecular formula is C32H30N2O4S. The van der Waals surface area contributed by atoms with Crippen molar-refractivity contribution in [2.75, 3.05) is 7.11 Å². The van der Waals surface area contributed by atoms with Crippen LogP contribution in [0.25, 0.3) is 11.1 Å². The normalized spacial score (nSPS) is 11.4. The van der Waals surface area contributed by atoms with Crippen LogP contribution in [0.5, 0.6) is 0 Å². The van der Waals surface area contributed by atoms with Crippen LogP contribution in [-0.4, -0.2) is 35.1 Å². The fourth-order valence-electron chi connectivity index (χ4n) is 4.30. The molecule has 1 heterocycles. The van der Waals surface area contributed by atoms with E-state index in [9.17, 15) is 14.4 Å². The highest BCUT2D eigenvalue weighted by molar-refractivity contribution is 8.14. The van der Waals surface area contributed by atoms with Gasteiger partial charge in [0.1, 0.15) is 6.04 Å². The molecule has 1 atom stereocenters. The van der Waals surface area contributed by atoms with E-state index >= 15 is 0 Å². The Balaban J connectivity index is 1.87. The van der Waals surface area contributed by atoms with Gasteiger partial charge in [-0.05, 0) is 46.5 Å². The number of aromatic nitrogens is 1. The molecule has 0 radical (unpaired) electrons. The highest BCUT2D eigenvalue weighted by Crippen LogP contribution is 2.39. The SMILES string of the molecule is CCC(=O)N[C@@H](Cc1ccc(-c2cccnc2)c(SC(=O)c2ccccc2)c1Cc1ccccc1)C(=O)OC. The fraction of sp³-hybridized carbons (Fsp3) is 0.188. The summed E-state index contributed by atoms with van der Waals surface area (Å²) in [5.41, 5.74) is 5.17. The minimum atomic E-state index is -0.858. The Bertz CT molecular complexity index is 1430. The first-order valence-corrected chi connectivity index (χ1v) is 13.5. The van der Waals surface area contributed by atoms with Gasteiger partial charge in [0.05, 0.1) is 7.11 Å². The van der Waals surface area contributed by atoms with Crippen molar-refractivity contribution < 1.29 is 19.1 Å². The van der Waals surface area contributed by atoms with E-state index < -0.39 is 12.0 Å². The summed E-state index contributed by atoms with van der Waals surface area (Å²) in [4.78, 5) is 43.5. The van der Waals surface area contributed by atoms with Gasteiger partial charge in [-0.1, -0.05) is 85.8 Å². The second-order valence-corrected chi connectivity index (χ2v) is 9.92. The number of esters is 1. The first kappa shape index (κ1) is 27.8. The third kappa shape index (κ3) is 7.21. The summed E-state index contributed by atoms with van der Waals surface area (Å²) < 4.78 is 5.01. The van der Waals surface area contributed by atoms with Crippen molar-refractivity contribution >= 4 is 28.8 Å². The second kappa shape index (κ2) is 13.5. The van der Waals surface area contributed by atoms with Gasteiger partial charge in [0.2, 0.25) is 11.0 Å². The van der Waals surface area contributed by atoms with Crippen LogP contribution in [0.3, 0.4) is 0 Å². The summed E-state index contributed by atoms with van der Waals surface area (Å²) in [6.07, 6.45) is 4.49. The van der Waals surface area contributed by atoms with Crippen LogP contribution < -0.4 is 5.32 Å². The lowest BCUT2D eigenvalue weighted by atomic mass is 9.91. The molecule has 4 rings (SSSR count). The topological polar surface area (TPSA) is 85.4 Å². The third-order valence-corrected chi connectivity index (χ3v) is 7.42. The number of hydrogen-bond acceptors (Lipinski definition) is 6. The summed E-state index contributed by atoms with van der Waals surface area (Å²) in [6.45, 7) is 1.73. The zero-order valence-corrected chi connectivity index (χ0v) is 22.7. The van der Waals surface area contributed by atoms with Crippen molar-refractivity contribution in [2.45, 2.75) is 37.1 Å². The van der Waals surface area contributed by atoms with E-state index in [1.54, 1.807) is 31.5 Å². The van der Waals surface area contributed by atoms with Crippen LogP contribution in [0.15, 0.2) is 102 Å². The number of carbonyl (C=O) groups is 3. The van der Waals surface area contributed by atoms with E-state index in [-0.39, 0.29) is 23.9 Å². The Morgan fingerprint density at radius 2 is 1.64 bits per heavy atom. The van der Waals surface area contributed by atoms with Crippen molar-refractivity contribution in [3.8, 4) is 11.1 Å². The van der Waals surface area contributed by atoms with Gasteiger partial charge in [-0.25, -0.2) is 4.79 Å². The molecule has 0 unspecified atom stereocenters. The van der Waals surface area contributed by atoms with E-state index in [0.717, 1.165) is 32.7 Å². The predicted octanol–water partition coefficient (Wildman–Crippen LogP) is 5.88. The number of nitrogens with one attached hydrogen (secondary N) is 1. The molecule has 1 N–H and O–H groups in total. The maximum atomic E-state index is 13.5. The molecule has 1 aromatic heterocycles. The van der Waals surface area contributed by atoms with Gasteiger partial charge >= 0.3 is 5.97 Å². The molecule has 7 heteroatoms. The van der Waals surface area contributed by atoms with Crippen molar-refractivity contribution in [3.05, 3.63) is 120 Å². The smallest absolute Gasteiger partial charge is 0.328 e. The molecule has 3 aromatic carbocycles. The quantitative estimate of drug-likeness (QED) is 0.200. The number of rotatable bonds is 10. The van der Waals surface area contributed by atoms with Crippen LogP contribution in [0.4, 0.5) is 0 Å². The molecule has 198 valence electrons. The Morgan fingerprint density at radius 1 is 0.923 bits per heavy atom. The fourth-order valence-corrected chi connectivity index (χ4v) is 5.36. The molecule has 0 bridgehead atoms. The van der Waals surface area contributed by atoms with Crippen LogP contribution in [0.2, 0.25) is 0 Å². The van der Waals surface area contributed by atoms with E-state index in [4.69, 9.17) is 4.74 Å². The first-order valence-electron chi connectivity index (χ1n) is 12.7. The maximum absolute atomic E-state index is 13.5. The minimum absolute atomic E-state index is 0.0870. The van der Waals surface area contributed by atoms with Crippen molar-refractivity contribution in [2.24, 2.45) is 0 Å². The molecule has 6 nitrogen and oxygen atoms in total. The summed E-state index contributed by atoms with van der Waals surface area (Å²) in [7, 11) is 1.31. The summed E-state index contributed by atoms with van der Waals surface area (Å²) in [5, 5.41) is 2.71. The highest BCUT2D eigenvalue weighted by atomic mass is 32.2. The number of nitrogens with zero attached hydrogens (tertiary/aromatic N) is 1. The van der Waals surface area contributed by atoms with Gasteiger partial charge in [-0.15, -0.1) is 0 Å². The zero-order valence-electron chi connectivity index (χ0n) is 21.9. The highest BCUT2D eigenvalue weighted by Gasteiger charge is 2.26. The number of benzene rings is 3. The summed E-state index contributed by atoms with van der Waals surface area (Å²) >= 11 is 1.17. The Labute approximate surface area is 232 Å². The number of hydrogen-bond donors (Lipinski definition) is 1. The Morgan fingerprint density at radius 3 is 2.28 bits per heavy atom. The second-order valence-electron chi connectivity index (χ2n) is 8.94. The Kier molecular flexibility index (Phi) is 9.64. The predicted molar refractivity (Wildman–Crippen MR) is 153 cm³/mol. The molecule has 0 aliphatic heterocycles. The lowest BCUT2D eigenvalue weighted by molar-refractivity contribution is -0.145. The Hall–Kier alpha value is -4.23. The van der Waals surface area contributed by atoms with Crippen LogP contribution in [-0.2, 0) is 27.2 Å². The lowest BCUT2D eigenvalue weighted by Crippen LogP contribution is -2.43. The van der Waals surface area contributed by atoms with Crippen molar-refractivity contribution in [3.63, 3.8) is 0 Å². The van der Waals surface area contributed by atoms with Gasteiger partial charge in [0.25, 0.3) is 0 Å². The van der Waals surface area contributed by atoms with E-state index in [2.05, 4.69) is 10.3 Å². The van der Waals surface area contributed by atoms with Crippen LogP contribution >= 0.6 is 11.8 Å². The van der Waals surface area contributed by atoms with Gasteiger partial charge in [0, 0.05) is 41.3 Å². The number of methoxy groups -OCH3 is 1. The largest absolute Gasteiger partial charge is 0.467 e. The average molecular weight is 539 g/mol. The first-order chi connectivity index (χ1) is 19.0. The average Bonchev–Trinajstić information content (AvgIpc) is 2.99. The monoisotopic (exact) mass is 538 g/mol. The standard InChI is InChI=1S/C32H30N2O4S/c1-3-29(35)34-28(31(36)38-2)20-24-16-17-26(25-15-10-18-33-21-25)30(27(24)19-22-11-6-4-7-12-22)39-32(37)23-13-8-5-9-14-23/h4-18,21,28H,3,19-20H2,1-2H3,(H,34,35)/t28-/m0/s1. The van der Waals surface area contributed by atoms with E-state index in [1.807, 2.05) is 72.8 Å². The maximum Gasteiger partial charge on any atom is 0.328 e. The molecule has 0 saturated heterocycles. The minimum Gasteiger partial charge on any atom is -0.467 e. The summed E-state index contributed by atoms with van der Waals surface area (Å²) in [5.74, 6) is -0.760. The molecule has 0 spiro atoms. The molecular weight excluding hydrogens is 508 g/mol. The number of amides is 1. The molecule has 0 saturated carbocycles. The van der Waals surface area contributed by atoms with Gasteiger partial charge in [-0.3, -0.25) is 14.6 Å². The van der Waals surface area contributed by atoms with Crippen LogP contribution in [0, 0.1) is 0 Å².